The third kappa shape index (κ3) is 5.27. The minimum absolute atomic E-state index is 0.0968. The summed E-state index contributed by atoms with van der Waals surface area (Å²) >= 11 is 0. The van der Waals surface area contributed by atoms with Gasteiger partial charge in [-0.25, -0.2) is 0 Å². The van der Waals surface area contributed by atoms with Crippen molar-refractivity contribution in [3.05, 3.63) is 29.8 Å². The molecule has 6 nitrogen and oxygen atoms in total. The molecule has 4 N–H and O–H groups in total. The zero-order chi connectivity index (χ0) is 15.0. The lowest BCUT2D eigenvalue weighted by Gasteiger charge is -2.12. The molecule has 0 aliphatic carbocycles. The maximum Gasteiger partial charge on any atom is 0.257 e. The molecule has 0 saturated heterocycles. The van der Waals surface area contributed by atoms with E-state index in [-0.39, 0.29) is 30.6 Å². The van der Waals surface area contributed by atoms with Crippen LogP contribution in [0.1, 0.15) is 23.7 Å². The van der Waals surface area contributed by atoms with Crippen LogP contribution in [0.3, 0.4) is 0 Å². The highest BCUT2D eigenvalue weighted by molar-refractivity contribution is 5.95. The SMILES string of the molecule is CC(CCO)CNC(=O)COc1ccccc1C(N)=O. The van der Waals surface area contributed by atoms with Gasteiger partial charge in [-0.1, -0.05) is 19.1 Å². The van der Waals surface area contributed by atoms with Crippen molar-refractivity contribution in [2.24, 2.45) is 11.7 Å². The van der Waals surface area contributed by atoms with E-state index in [1.807, 2.05) is 6.92 Å². The molecule has 1 atom stereocenters. The van der Waals surface area contributed by atoms with E-state index in [1.54, 1.807) is 24.3 Å². The van der Waals surface area contributed by atoms with Crippen molar-refractivity contribution in [1.29, 1.82) is 0 Å². The maximum absolute atomic E-state index is 11.6. The van der Waals surface area contributed by atoms with Gasteiger partial charge in [0.2, 0.25) is 0 Å². The summed E-state index contributed by atoms with van der Waals surface area (Å²) in [7, 11) is 0. The van der Waals surface area contributed by atoms with Crippen molar-refractivity contribution >= 4 is 11.8 Å². The molecule has 1 rings (SSSR count). The van der Waals surface area contributed by atoms with Crippen LogP contribution >= 0.6 is 0 Å². The molecule has 110 valence electrons. The minimum Gasteiger partial charge on any atom is -0.483 e. The first-order chi connectivity index (χ1) is 9.54. The Bertz CT molecular complexity index is 462. The van der Waals surface area contributed by atoms with E-state index < -0.39 is 5.91 Å². The first-order valence-electron chi connectivity index (χ1n) is 6.43. The number of amides is 2. The molecule has 0 fully saturated rings. The maximum atomic E-state index is 11.6. The molecule has 0 bridgehead atoms. The van der Waals surface area contributed by atoms with Crippen molar-refractivity contribution in [1.82, 2.24) is 5.32 Å². The number of aliphatic hydroxyl groups excluding tert-OH is 1. The lowest BCUT2D eigenvalue weighted by molar-refractivity contribution is -0.123. The molecule has 0 radical (unpaired) electrons. The molecule has 0 aliphatic heterocycles. The number of hydrogen-bond acceptors (Lipinski definition) is 4. The number of nitrogens with two attached hydrogens (primary N) is 1. The predicted octanol–water partition coefficient (Wildman–Crippen LogP) is 0.299. The zero-order valence-corrected chi connectivity index (χ0v) is 11.5. The fourth-order valence-electron chi connectivity index (χ4n) is 1.60. The molecule has 0 spiro atoms. The number of para-hydroxylation sites is 1. The van der Waals surface area contributed by atoms with Crippen molar-refractivity contribution in [3.8, 4) is 5.75 Å². The Balaban J connectivity index is 2.43. The van der Waals surface area contributed by atoms with Crippen LogP contribution in [0.5, 0.6) is 5.75 Å². The van der Waals surface area contributed by atoms with Crippen LogP contribution in [-0.4, -0.2) is 36.7 Å². The largest absolute Gasteiger partial charge is 0.483 e. The molecule has 0 saturated carbocycles. The van der Waals surface area contributed by atoms with Crippen LogP contribution in [0.15, 0.2) is 24.3 Å². The van der Waals surface area contributed by atoms with Crippen molar-refractivity contribution in [2.45, 2.75) is 13.3 Å². The first kappa shape index (κ1) is 16.0. The number of nitrogens with one attached hydrogen (secondary N) is 1. The van der Waals surface area contributed by atoms with E-state index >= 15 is 0 Å². The first-order valence-corrected chi connectivity index (χ1v) is 6.43. The van der Waals surface area contributed by atoms with Crippen LogP contribution in [-0.2, 0) is 4.79 Å². The van der Waals surface area contributed by atoms with Gasteiger partial charge in [0, 0.05) is 13.2 Å². The number of carbonyl (C=O) groups excluding carboxylic acids is 2. The average Bonchev–Trinajstić information content (AvgIpc) is 2.43. The van der Waals surface area contributed by atoms with Gasteiger partial charge >= 0.3 is 0 Å². The summed E-state index contributed by atoms with van der Waals surface area (Å²) in [5.74, 6) is -0.396. The lowest BCUT2D eigenvalue weighted by Crippen LogP contribution is -2.32. The summed E-state index contributed by atoms with van der Waals surface area (Å²) in [5, 5.41) is 11.5. The van der Waals surface area contributed by atoms with Gasteiger partial charge in [-0.05, 0) is 24.5 Å². The van der Waals surface area contributed by atoms with Gasteiger partial charge in [0.15, 0.2) is 6.61 Å². The van der Waals surface area contributed by atoms with E-state index in [1.165, 1.54) is 0 Å². The second-order valence-corrected chi connectivity index (χ2v) is 4.57. The van der Waals surface area contributed by atoms with E-state index in [2.05, 4.69) is 5.32 Å². The normalized spacial score (nSPS) is 11.7. The fraction of sp³-hybridized carbons (Fsp3) is 0.429. The highest BCUT2D eigenvalue weighted by Crippen LogP contribution is 2.16. The van der Waals surface area contributed by atoms with Crippen molar-refractivity contribution in [2.75, 3.05) is 19.8 Å². The van der Waals surface area contributed by atoms with Gasteiger partial charge in [-0.15, -0.1) is 0 Å². The monoisotopic (exact) mass is 280 g/mol. The van der Waals surface area contributed by atoms with Gasteiger partial charge in [0.25, 0.3) is 11.8 Å². The molecule has 0 heterocycles. The highest BCUT2D eigenvalue weighted by atomic mass is 16.5. The number of aliphatic hydroxyl groups is 1. The predicted molar refractivity (Wildman–Crippen MR) is 74.3 cm³/mol. The zero-order valence-electron chi connectivity index (χ0n) is 11.5. The molecule has 0 aromatic heterocycles. The molecular formula is C14H20N2O4. The number of carbonyl (C=O) groups is 2. The Hall–Kier alpha value is -2.08. The van der Waals surface area contributed by atoms with E-state index in [4.69, 9.17) is 15.6 Å². The molecule has 1 aromatic carbocycles. The third-order valence-electron chi connectivity index (χ3n) is 2.78. The van der Waals surface area contributed by atoms with Crippen LogP contribution in [0.25, 0.3) is 0 Å². The molecule has 1 unspecified atom stereocenters. The van der Waals surface area contributed by atoms with Crippen LogP contribution < -0.4 is 15.8 Å². The van der Waals surface area contributed by atoms with Crippen LogP contribution in [0, 0.1) is 5.92 Å². The number of ether oxygens (including phenoxy) is 1. The summed E-state index contributed by atoms with van der Waals surface area (Å²) in [4.78, 5) is 22.8. The Labute approximate surface area is 117 Å². The summed E-state index contributed by atoms with van der Waals surface area (Å²) < 4.78 is 5.29. The van der Waals surface area contributed by atoms with Gasteiger partial charge in [-0.2, -0.15) is 0 Å². The van der Waals surface area contributed by atoms with E-state index in [9.17, 15) is 9.59 Å². The second kappa shape index (κ2) is 8.16. The van der Waals surface area contributed by atoms with Crippen LogP contribution in [0.4, 0.5) is 0 Å². The third-order valence-corrected chi connectivity index (χ3v) is 2.78. The van der Waals surface area contributed by atoms with Gasteiger partial charge in [0.05, 0.1) is 5.56 Å². The number of hydrogen-bond donors (Lipinski definition) is 3. The summed E-state index contributed by atoms with van der Waals surface area (Å²) in [6.45, 7) is 2.32. The molecule has 0 aliphatic rings. The van der Waals surface area contributed by atoms with Crippen LogP contribution in [0.2, 0.25) is 0 Å². The number of benzene rings is 1. The molecular weight excluding hydrogens is 260 g/mol. The highest BCUT2D eigenvalue weighted by Gasteiger charge is 2.10. The number of primary amides is 1. The minimum atomic E-state index is -0.599. The molecule has 1 aromatic rings. The molecule has 6 heteroatoms. The van der Waals surface area contributed by atoms with Crippen molar-refractivity contribution in [3.63, 3.8) is 0 Å². The fourth-order valence-corrected chi connectivity index (χ4v) is 1.60. The lowest BCUT2D eigenvalue weighted by atomic mass is 10.1. The topological polar surface area (TPSA) is 102 Å². The van der Waals surface area contributed by atoms with E-state index in [0.29, 0.717) is 18.7 Å². The Morgan fingerprint density at radius 3 is 2.75 bits per heavy atom. The van der Waals surface area contributed by atoms with Gasteiger partial charge in [0.1, 0.15) is 5.75 Å². The van der Waals surface area contributed by atoms with Crippen molar-refractivity contribution < 1.29 is 19.4 Å². The average molecular weight is 280 g/mol. The Kier molecular flexibility index (Phi) is 6.52. The second-order valence-electron chi connectivity index (χ2n) is 4.57. The summed E-state index contributed by atoms with van der Waals surface area (Å²) in [6.07, 6.45) is 0.631. The van der Waals surface area contributed by atoms with Gasteiger partial charge < -0.3 is 20.9 Å². The molecule has 20 heavy (non-hydrogen) atoms. The summed E-state index contributed by atoms with van der Waals surface area (Å²) in [6, 6.07) is 6.49. The summed E-state index contributed by atoms with van der Waals surface area (Å²) in [5.41, 5.74) is 5.45. The van der Waals surface area contributed by atoms with Gasteiger partial charge in [-0.3, -0.25) is 9.59 Å². The molecule has 2 amide bonds. The smallest absolute Gasteiger partial charge is 0.257 e. The Morgan fingerprint density at radius 1 is 1.40 bits per heavy atom. The quantitative estimate of drug-likeness (QED) is 0.637. The number of rotatable bonds is 8. The standard InChI is InChI=1S/C14H20N2O4/c1-10(6-7-17)8-16-13(18)9-20-12-5-3-2-4-11(12)14(15)19/h2-5,10,17H,6-9H2,1H3,(H2,15,19)(H,16,18). The van der Waals surface area contributed by atoms with E-state index in [0.717, 1.165) is 0 Å². The Morgan fingerprint density at radius 2 is 2.10 bits per heavy atom.